The van der Waals surface area contributed by atoms with Gasteiger partial charge in [-0.1, -0.05) is 18.2 Å². The molecule has 1 N–H and O–H groups in total. The van der Waals surface area contributed by atoms with Crippen molar-refractivity contribution in [2.75, 3.05) is 4.90 Å². The quantitative estimate of drug-likeness (QED) is 0.903. The highest BCUT2D eigenvalue weighted by molar-refractivity contribution is 5.89. The Morgan fingerprint density at radius 3 is 2.70 bits per heavy atom. The second kappa shape index (κ2) is 6.01. The lowest BCUT2D eigenvalue weighted by molar-refractivity contribution is 0.198. The summed E-state index contributed by atoms with van der Waals surface area (Å²) >= 11 is 0. The Hall–Kier alpha value is -3.00. The first kappa shape index (κ1) is 14.9. The second-order valence-corrected chi connectivity index (χ2v) is 5.51. The molecule has 5 nitrogen and oxygen atoms in total. The minimum Gasteiger partial charge on any atom is -0.465 e. The zero-order valence-corrected chi connectivity index (χ0v) is 12.7. The summed E-state index contributed by atoms with van der Waals surface area (Å²) in [5.74, 6) is 1.08. The van der Waals surface area contributed by atoms with Crippen molar-refractivity contribution in [3.05, 3.63) is 53.6 Å². The van der Waals surface area contributed by atoms with Gasteiger partial charge in [0.25, 0.3) is 0 Å². The van der Waals surface area contributed by atoms with Gasteiger partial charge in [0.05, 0.1) is 11.3 Å². The predicted octanol–water partition coefficient (Wildman–Crippen LogP) is 4.17. The zero-order chi connectivity index (χ0) is 16.4. The average molecular weight is 308 g/mol. The maximum atomic E-state index is 11.6. The Bertz CT molecular complexity index is 781. The van der Waals surface area contributed by atoms with E-state index in [-0.39, 0.29) is 6.04 Å². The van der Waals surface area contributed by atoms with Crippen LogP contribution in [0.1, 0.15) is 24.5 Å². The van der Waals surface area contributed by atoms with Crippen molar-refractivity contribution in [2.24, 2.45) is 0 Å². The van der Waals surface area contributed by atoms with Gasteiger partial charge in [0.15, 0.2) is 0 Å². The highest BCUT2D eigenvalue weighted by Gasteiger charge is 2.31. The molecule has 0 aliphatic carbocycles. The van der Waals surface area contributed by atoms with Crippen LogP contribution in [0.4, 0.5) is 10.5 Å². The molecule has 5 heteroatoms. The SMILES string of the molecule is CC1CCc2c(ccc(C#N)c2Oc2ccccc2)N1C(=O)O. The lowest BCUT2D eigenvalue weighted by Gasteiger charge is -2.34. The van der Waals surface area contributed by atoms with Crippen molar-refractivity contribution in [3.63, 3.8) is 0 Å². The number of anilines is 1. The molecule has 1 amide bonds. The number of carboxylic acid groups (broad SMARTS) is 1. The van der Waals surface area contributed by atoms with Gasteiger partial charge in [-0.2, -0.15) is 5.26 Å². The van der Waals surface area contributed by atoms with Crippen molar-refractivity contribution in [1.82, 2.24) is 0 Å². The number of amides is 1. The molecule has 0 radical (unpaired) electrons. The Morgan fingerprint density at radius 2 is 2.04 bits per heavy atom. The lowest BCUT2D eigenvalue weighted by Crippen LogP contribution is -2.41. The van der Waals surface area contributed by atoms with E-state index in [0.29, 0.717) is 35.6 Å². The van der Waals surface area contributed by atoms with Crippen molar-refractivity contribution >= 4 is 11.8 Å². The number of carbonyl (C=O) groups is 1. The first-order valence-corrected chi connectivity index (χ1v) is 7.43. The molecule has 1 aliphatic rings. The predicted molar refractivity (Wildman–Crippen MR) is 86.0 cm³/mol. The van der Waals surface area contributed by atoms with Gasteiger partial charge in [0.2, 0.25) is 0 Å². The molecule has 0 saturated carbocycles. The number of benzene rings is 2. The number of nitriles is 1. The highest BCUT2D eigenvalue weighted by atomic mass is 16.5. The summed E-state index contributed by atoms with van der Waals surface area (Å²) in [5.41, 5.74) is 1.78. The van der Waals surface area contributed by atoms with Crippen LogP contribution in [0, 0.1) is 11.3 Å². The van der Waals surface area contributed by atoms with Crippen molar-refractivity contribution in [2.45, 2.75) is 25.8 Å². The molecule has 1 aliphatic heterocycles. The summed E-state index contributed by atoms with van der Waals surface area (Å²) in [7, 11) is 0. The fourth-order valence-electron chi connectivity index (χ4n) is 2.91. The molecule has 0 spiro atoms. The number of fused-ring (bicyclic) bond motifs is 1. The van der Waals surface area contributed by atoms with Gasteiger partial charge < -0.3 is 9.84 Å². The van der Waals surface area contributed by atoms with Crippen LogP contribution in [-0.2, 0) is 6.42 Å². The maximum Gasteiger partial charge on any atom is 0.412 e. The first-order valence-electron chi connectivity index (χ1n) is 7.43. The number of hydrogen-bond acceptors (Lipinski definition) is 3. The van der Waals surface area contributed by atoms with Crippen LogP contribution in [0.25, 0.3) is 0 Å². The number of ether oxygens (including phenoxy) is 1. The van der Waals surface area contributed by atoms with Gasteiger partial charge >= 0.3 is 6.09 Å². The number of rotatable bonds is 2. The van der Waals surface area contributed by atoms with E-state index in [4.69, 9.17) is 4.74 Å². The monoisotopic (exact) mass is 308 g/mol. The number of nitrogens with zero attached hydrogens (tertiary/aromatic N) is 2. The summed E-state index contributed by atoms with van der Waals surface area (Å²) in [6.07, 6.45) is 0.380. The smallest absolute Gasteiger partial charge is 0.412 e. The topological polar surface area (TPSA) is 73.6 Å². The number of para-hydroxylation sites is 1. The Morgan fingerprint density at radius 1 is 1.30 bits per heavy atom. The Balaban J connectivity index is 2.12. The molecule has 0 saturated heterocycles. The maximum absolute atomic E-state index is 11.6. The van der Waals surface area contributed by atoms with Gasteiger partial charge in [0.1, 0.15) is 17.6 Å². The lowest BCUT2D eigenvalue weighted by atomic mass is 9.94. The van der Waals surface area contributed by atoms with E-state index in [1.807, 2.05) is 25.1 Å². The van der Waals surface area contributed by atoms with Crippen LogP contribution < -0.4 is 9.64 Å². The standard InChI is InChI=1S/C18H16N2O3/c1-12-7-9-15-16(20(12)18(21)22)10-8-13(11-19)17(15)23-14-5-3-2-4-6-14/h2-6,8,10,12H,7,9H2,1H3,(H,21,22). The molecule has 0 aromatic heterocycles. The van der Waals surface area contributed by atoms with Gasteiger partial charge in [-0.3, -0.25) is 4.90 Å². The van der Waals surface area contributed by atoms with E-state index < -0.39 is 6.09 Å². The fraction of sp³-hybridized carbons (Fsp3) is 0.222. The van der Waals surface area contributed by atoms with Crippen LogP contribution >= 0.6 is 0 Å². The molecule has 3 rings (SSSR count). The second-order valence-electron chi connectivity index (χ2n) is 5.51. The van der Waals surface area contributed by atoms with E-state index in [0.717, 1.165) is 5.56 Å². The van der Waals surface area contributed by atoms with Crippen LogP contribution in [0.5, 0.6) is 11.5 Å². The largest absolute Gasteiger partial charge is 0.465 e. The molecular formula is C18H16N2O3. The van der Waals surface area contributed by atoms with Crippen LogP contribution in [0.2, 0.25) is 0 Å². The van der Waals surface area contributed by atoms with E-state index in [1.165, 1.54) is 4.90 Å². The summed E-state index contributed by atoms with van der Waals surface area (Å²) < 4.78 is 5.92. The minimum atomic E-state index is -0.992. The average Bonchev–Trinajstić information content (AvgIpc) is 2.55. The van der Waals surface area contributed by atoms with Gasteiger partial charge in [-0.15, -0.1) is 0 Å². The normalized spacial score (nSPS) is 16.3. The molecule has 2 aromatic rings. The molecule has 2 aromatic carbocycles. The van der Waals surface area contributed by atoms with E-state index in [9.17, 15) is 15.2 Å². The number of hydrogen-bond donors (Lipinski definition) is 1. The molecular weight excluding hydrogens is 292 g/mol. The summed E-state index contributed by atoms with van der Waals surface area (Å²) in [4.78, 5) is 12.9. The Kier molecular flexibility index (Phi) is 3.90. The van der Waals surface area contributed by atoms with Crippen LogP contribution in [0.3, 0.4) is 0 Å². The third-order valence-electron chi connectivity index (χ3n) is 4.04. The van der Waals surface area contributed by atoms with E-state index in [2.05, 4.69) is 6.07 Å². The third-order valence-corrected chi connectivity index (χ3v) is 4.04. The molecule has 0 bridgehead atoms. The Labute approximate surface area is 134 Å². The molecule has 23 heavy (non-hydrogen) atoms. The summed E-state index contributed by atoms with van der Waals surface area (Å²) in [6, 6.07) is 14.5. The van der Waals surface area contributed by atoms with Crippen molar-refractivity contribution in [1.29, 1.82) is 5.26 Å². The fourth-order valence-corrected chi connectivity index (χ4v) is 2.91. The van der Waals surface area contributed by atoms with Gasteiger partial charge in [0, 0.05) is 11.6 Å². The van der Waals surface area contributed by atoms with E-state index in [1.54, 1.807) is 24.3 Å². The third kappa shape index (κ3) is 2.71. The first-order chi connectivity index (χ1) is 11.1. The summed E-state index contributed by atoms with van der Waals surface area (Å²) in [5, 5.41) is 18.8. The van der Waals surface area contributed by atoms with E-state index >= 15 is 0 Å². The van der Waals surface area contributed by atoms with Crippen molar-refractivity contribution in [3.8, 4) is 17.6 Å². The zero-order valence-electron chi connectivity index (χ0n) is 12.7. The minimum absolute atomic E-state index is 0.0995. The van der Waals surface area contributed by atoms with Gasteiger partial charge in [-0.25, -0.2) is 4.79 Å². The highest BCUT2D eigenvalue weighted by Crippen LogP contribution is 2.40. The molecule has 0 fully saturated rings. The summed E-state index contributed by atoms with van der Waals surface area (Å²) in [6.45, 7) is 1.88. The van der Waals surface area contributed by atoms with Gasteiger partial charge in [-0.05, 0) is 44.0 Å². The van der Waals surface area contributed by atoms with Crippen molar-refractivity contribution < 1.29 is 14.6 Å². The molecule has 116 valence electrons. The molecule has 1 unspecified atom stereocenters. The molecule has 1 heterocycles. The molecule has 1 atom stereocenters. The van der Waals surface area contributed by atoms with Crippen LogP contribution in [-0.4, -0.2) is 17.2 Å². The van der Waals surface area contributed by atoms with Crippen LogP contribution in [0.15, 0.2) is 42.5 Å².